The van der Waals surface area contributed by atoms with E-state index in [-0.39, 0.29) is 12.1 Å². The van der Waals surface area contributed by atoms with Crippen LogP contribution < -0.4 is 5.32 Å². The van der Waals surface area contributed by atoms with Crippen LogP contribution in [0.15, 0.2) is 0 Å². The molecule has 1 aliphatic heterocycles. The van der Waals surface area contributed by atoms with E-state index >= 15 is 0 Å². The van der Waals surface area contributed by atoms with Crippen LogP contribution in [-0.2, 0) is 15.6 Å². The van der Waals surface area contributed by atoms with Gasteiger partial charge < -0.3 is 15.3 Å². The van der Waals surface area contributed by atoms with Crippen LogP contribution in [0.5, 0.6) is 0 Å². The van der Waals surface area contributed by atoms with Crippen LogP contribution in [0.3, 0.4) is 0 Å². The first-order valence-electron chi connectivity index (χ1n) is 7.45. The van der Waals surface area contributed by atoms with Gasteiger partial charge in [-0.15, -0.1) is 0 Å². The lowest BCUT2D eigenvalue weighted by Gasteiger charge is -2.35. The van der Waals surface area contributed by atoms with Crippen molar-refractivity contribution in [2.45, 2.75) is 57.5 Å². The van der Waals surface area contributed by atoms with Gasteiger partial charge in [0.2, 0.25) is 0 Å². The number of aliphatic carboxylic acids is 1. The minimum absolute atomic E-state index is 0.116. The Bertz CT molecular complexity index is 416. The zero-order valence-electron chi connectivity index (χ0n) is 13.1. The summed E-state index contributed by atoms with van der Waals surface area (Å²) in [6.45, 7) is 4.26. The van der Waals surface area contributed by atoms with E-state index in [0.29, 0.717) is 38.0 Å². The fourth-order valence-corrected chi connectivity index (χ4v) is 3.57. The predicted octanol–water partition coefficient (Wildman–Crippen LogP) is 1.57. The Morgan fingerprint density at radius 2 is 2.14 bits per heavy atom. The van der Waals surface area contributed by atoms with Gasteiger partial charge >= 0.3 is 12.0 Å². The predicted molar refractivity (Wildman–Crippen MR) is 82.8 cm³/mol. The molecule has 0 aromatic heterocycles. The van der Waals surface area contributed by atoms with Crippen molar-refractivity contribution >= 4 is 22.8 Å². The van der Waals surface area contributed by atoms with Crippen molar-refractivity contribution in [3.8, 4) is 0 Å². The number of hydrogen-bond acceptors (Lipinski definition) is 3. The molecule has 1 saturated heterocycles. The Balaban J connectivity index is 2.71. The molecule has 6 nitrogen and oxygen atoms in total. The number of nitrogens with one attached hydrogen (secondary N) is 1. The Hall–Kier alpha value is -1.11. The first-order chi connectivity index (χ1) is 9.83. The summed E-state index contributed by atoms with van der Waals surface area (Å²) in [6.07, 6.45) is 4.68. The summed E-state index contributed by atoms with van der Waals surface area (Å²) >= 11 is 0. The highest BCUT2D eigenvalue weighted by Crippen LogP contribution is 2.34. The van der Waals surface area contributed by atoms with Crippen molar-refractivity contribution in [1.82, 2.24) is 10.2 Å². The van der Waals surface area contributed by atoms with Crippen molar-refractivity contribution in [3.05, 3.63) is 0 Å². The molecule has 2 N–H and O–H groups in total. The zero-order valence-corrected chi connectivity index (χ0v) is 13.9. The molecule has 0 aromatic rings. The van der Waals surface area contributed by atoms with Gasteiger partial charge in [-0.05, 0) is 32.6 Å². The van der Waals surface area contributed by atoms with E-state index in [1.54, 1.807) is 6.26 Å². The van der Waals surface area contributed by atoms with Gasteiger partial charge in [-0.2, -0.15) is 0 Å². The first-order valence-corrected chi connectivity index (χ1v) is 9.17. The molecule has 0 radical (unpaired) electrons. The molecular formula is C14H26N2O4S. The van der Waals surface area contributed by atoms with Gasteiger partial charge in [-0.3, -0.25) is 4.21 Å². The van der Waals surface area contributed by atoms with E-state index in [1.807, 2.05) is 13.8 Å². The van der Waals surface area contributed by atoms with Gasteiger partial charge in [0, 0.05) is 35.4 Å². The Labute approximate surface area is 128 Å². The van der Waals surface area contributed by atoms with E-state index in [9.17, 15) is 18.9 Å². The molecule has 2 amide bonds. The number of likely N-dealkylation sites (tertiary alicyclic amines) is 1. The number of hydrogen-bond donors (Lipinski definition) is 2. The second-order valence-corrected chi connectivity index (χ2v) is 7.31. The molecule has 3 unspecified atom stereocenters. The number of amides is 2. The molecule has 0 saturated carbocycles. The van der Waals surface area contributed by atoms with Crippen molar-refractivity contribution < 1.29 is 18.9 Å². The summed E-state index contributed by atoms with van der Waals surface area (Å²) in [7, 11) is -0.888. The van der Waals surface area contributed by atoms with Crippen molar-refractivity contribution in [1.29, 1.82) is 0 Å². The second-order valence-electron chi connectivity index (χ2n) is 5.76. The van der Waals surface area contributed by atoms with Gasteiger partial charge in [0.05, 0.1) is 0 Å². The van der Waals surface area contributed by atoms with Crippen LogP contribution in [0.2, 0.25) is 0 Å². The van der Waals surface area contributed by atoms with Gasteiger partial charge in [0.25, 0.3) is 0 Å². The van der Waals surface area contributed by atoms with Crippen molar-refractivity contribution in [2.75, 3.05) is 18.6 Å². The van der Waals surface area contributed by atoms with E-state index in [1.165, 1.54) is 4.90 Å². The van der Waals surface area contributed by atoms with Crippen molar-refractivity contribution in [3.63, 3.8) is 0 Å². The number of carboxylic acids is 1. The fourth-order valence-electron chi connectivity index (χ4n) is 2.88. The maximum Gasteiger partial charge on any atom is 0.329 e. The third-order valence-corrected chi connectivity index (χ3v) is 4.81. The topological polar surface area (TPSA) is 86.7 Å². The molecule has 1 heterocycles. The molecule has 0 aliphatic carbocycles. The van der Waals surface area contributed by atoms with Gasteiger partial charge in [-0.1, -0.05) is 13.3 Å². The molecule has 7 heteroatoms. The molecular weight excluding hydrogens is 292 g/mol. The molecule has 122 valence electrons. The lowest BCUT2D eigenvalue weighted by atomic mass is 9.91. The monoisotopic (exact) mass is 318 g/mol. The minimum atomic E-state index is -1.06. The average Bonchev–Trinajstić information content (AvgIpc) is 2.82. The number of carbonyl (C=O) groups is 2. The fraction of sp³-hybridized carbons (Fsp3) is 0.857. The maximum atomic E-state index is 12.4. The van der Waals surface area contributed by atoms with E-state index in [4.69, 9.17) is 0 Å². The molecule has 1 aliphatic rings. The largest absolute Gasteiger partial charge is 0.479 e. The van der Waals surface area contributed by atoms with Crippen LogP contribution in [0, 0.1) is 0 Å². The second kappa shape index (κ2) is 7.77. The average molecular weight is 318 g/mol. The summed E-state index contributed by atoms with van der Waals surface area (Å²) in [4.78, 5) is 25.5. The van der Waals surface area contributed by atoms with E-state index < -0.39 is 22.3 Å². The smallest absolute Gasteiger partial charge is 0.329 e. The van der Waals surface area contributed by atoms with Crippen molar-refractivity contribution in [2.24, 2.45) is 0 Å². The van der Waals surface area contributed by atoms with Crippen LogP contribution in [0.25, 0.3) is 0 Å². The van der Waals surface area contributed by atoms with E-state index in [2.05, 4.69) is 5.32 Å². The maximum absolute atomic E-state index is 12.4. The molecule has 21 heavy (non-hydrogen) atoms. The van der Waals surface area contributed by atoms with Gasteiger partial charge in [0.1, 0.15) is 5.54 Å². The normalized spacial score (nSPS) is 24.6. The first kappa shape index (κ1) is 17.9. The summed E-state index contributed by atoms with van der Waals surface area (Å²) in [5.41, 5.74) is -1.06. The molecule has 1 fully saturated rings. The third kappa shape index (κ3) is 4.43. The number of urea groups is 1. The standard InChI is InChI=1S/C14H26N2O4S/c1-4-7-14(12(17)18)8-5-9-16(14)13(19)15-11(2)6-10-21(3)20/h11H,4-10H2,1-3H3,(H,15,19)(H,17,18). The van der Waals surface area contributed by atoms with Gasteiger partial charge in [-0.25, -0.2) is 9.59 Å². The SMILES string of the molecule is CCCC1(C(=O)O)CCCN1C(=O)NC(C)CCS(C)=O. The van der Waals surface area contributed by atoms with Crippen LogP contribution in [-0.4, -0.2) is 56.3 Å². The minimum Gasteiger partial charge on any atom is -0.479 e. The number of carboxylic acid groups (broad SMARTS) is 1. The molecule has 3 atom stereocenters. The number of nitrogens with zero attached hydrogens (tertiary/aromatic N) is 1. The van der Waals surface area contributed by atoms with Gasteiger partial charge in [0.15, 0.2) is 0 Å². The third-order valence-electron chi connectivity index (χ3n) is 4.00. The highest BCUT2D eigenvalue weighted by atomic mass is 32.2. The molecule has 1 rings (SSSR count). The molecule has 0 spiro atoms. The summed E-state index contributed by atoms with van der Waals surface area (Å²) in [5, 5.41) is 12.4. The van der Waals surface area contributed by atoms with Crippen LogP contribution in [0.4, 0.5) is 4.79 Å². The zero-order chi connectivity index (χ0) is 16.0. The van der Waals surface area contributed by atoms with Crippen LogP contribution in [0.1, 0.15) is 46.0 Å². The summed E-state index contributed by atoms with van der Waals surface area (Å²) < 4.78 is 11.1. The Morgan fingerprint density at radius 3 is 2.67 bits per heavy atom. The highest BCUT2D eigenvalue weighted by Gasteiger charge is 2.49. The van der Waals surface area contributed by atoms with E-state index in [0.717, 1.165) is 6.42 Å². The summed E-state index contributed by atoms with van der Waals surface area (Å²) in [5.74, 6) is -0.389. The summed E-state index contributed by atoms with van der Waals surface area (Å²) in [6, 6.07) is -0.437. The number of carbonyl (C=O) groups excluding carboxylic acids is 1. The lowest BCUT2D eigenvalue weighted by Crippen LogP contribution is -2.57. The molecule has 0 bridgehead atoms. The highest BCUT2D eigenvalue weighted by molar-refractivity contribution is 7.84. The van der Waals surface area contributed by atoms with Crippen LogP contribution >= 0.6 is 0 Å². The Kier molecular flexibility index (Phi) is 6.64. The number of rotatable bonds is 7. The molecule has 0 aromatic carbocycles. The quantitative estimate of drug-likeness (QED) is 0.746. The Morgan fingerprint density at radius 1 is 1.48 bits per heavy atom. The lowest BCUT2D eigenvalue weighted by molar-refractivity contribution is -0.148.